The minimum Gasteiger partial charge on any atom is -0.497 e. The van der Waals surface area contributed by atoms with E-state index in [2.05, 4.69) is 10.6 Å². The molecule has 2 N–H and O–H groups in total. The van der Waals surface area contributed by atoms with Crippen LogP contribution in [-0.4, -0.2) is 47.9 Å². The topological polar surface area (TPSA) is 87.7 Å². The number of methoxy groups -OCH3 is 1. The first-order valence-electron chi connectivity index (χ1n) is 10.8. The molecule has 2 fully saturated rings. The summed E-state index contributed by atoms with van der Waals surface area (Å²) in [6.45, 7) is 0. The first-order valence-corrected chi connectivity index (χ1v) is 10.8. The number of amides is 3. The third-order valence-corrected chi connectivity index (χ3v) is 6.11. The number of piperazine rings is 1. The van der Waals surface area contributed by atoms with Gasteiger partial charge in [0.05, 0.1) is 19.6 Å². The summed E-state index contributed by atoms with van der Waals surface area (Å²) in [6.07, 6.45) is 3.26. The second-order valence-electron chi connectivity index (χ2n) is 8.19. The molecular weight excluding hydrogens is 413 g/mol. The van der Waals surface area contributed by atoms with Crippen molar-refractivity contribution in [3.05, 3.63) is 59.9 Å². The Bertz CT molecular complexity index is 1010. The van der Waals surface area contributed by atoms with Crippen molar-refractivity contribution in [1.29, 1.82) is 0 Å². The summed E-state index contributed by atoms with van der Waals surface area (Å²) in [5.74, 6) is -0.941. The van der Waals surface area contributed by atoms with Crippen LogP contribution in [0.15, 0.2) is 48.5 Å². The summed E-state index contributed by atoms with van der Waals surface area (Å²) in [7, 11) is 1.53. The van der Waals surface area contributed by atoms with Crippen molar-refractivity contribution >= 4 is 23.4 Å². The molecule has 2 aromatic carbocycles. The second-order valence-corrected chi connectivity index (χ2v) is 8.19. The van der Waals surface area contributed by atoms with Gasteiger partial charge >= 0.3 is 0 Å². The number of nitrogens with zero attached hydrogens (tertiary/aromatic N) is 1. The van der Waals surface area contributed by atoms with Crippen molar-refractivity contribution in [1.82, 2.24) is 10.2 Å². The predicted molar refractivity (Wildman–Crippen MR) is 117 cm³/mol. The largest absolute Gasteiger partial charge is 0.497 e. The number of hydrogen-bond acceptors (Lipinski definition) is 4. The first kappa shape index (κ1) is 21.8. The summed E-state index contributed by atoms with van der Waals surface area (Å²) in [5.41, 5.74) is 0.834. The monoisotopic (exact) mass is 439 g/mol. The summed E-state index contributed by atoms with van der Waals surface area (Å²) < 4.78 is 18.6. The van der Waals surface area contributed by atoms with E-state index in [9.17, 15) is 18.8 Å². The van der Waals surface area contributed by atoms with Crippen LogP contribution in [0.1, 0.15) is 42.5 Å². The maximum atomic E-state index is 13.4. The number of nitrogens with one attached hydrogen (secondary N) is 2. The minimum atomic E-state index is -0.947. The van der Waals surface area contributed by atoms with E-state index >= 15 is 0 Å². The van der Waals surface area contributed by atoms with E-state index in [0.717, 1.165) is 25.7 Å². The van der Waals surface area contributed by atoms with E-state index < -0.39 is 11.9 Å². The van der Waals surface area contributed by atoms with E-state index in [1.165, 1.54) is 31.4 Å². The lowest BCUT2D eigenvalue weighted by Gasteiger charge is -2.48. The highest BCUT2D eigenvalue weighted by molar-refractivity contribution is 6.01. The molecular formula is C24H26FN3O4. The molecule has 1 saturated heterocycles. The summed E-state index contributed by atoms with van der Waals surface area (Å²) in [6, 6.07) is 10.9. The van der Waals surface area contributed by atoms with Gasteiger partial charge in [-0.25, -0.2) is 4.39 Å². The van der Waals surface area contributed by atoms with Crippen LogP contribution >= 0.6 is 0 Å². The van der Waals surface area contributed by atoms with Gasteiger partial charge in [-0.15, -0.1) is 0 Å². The van der Waals surface area contributed by atoms with E-state index in [0.29, 0.717) is 17.0 Å². The van der Waals surface area contributed by atoms with Crippen LogP contribution in [0.2, 0.25) is 0 Å². The molecule has 4 rings (SSSR count). The minimum absolute atomic E-state index is 0.140. The fraction of sp³-hybridized carbons (Fsp3) is 0.375. The van der Waals surface area contributed by atoms with Crippen molar-refractivity contribution in [3.63, 3.8) is 0 Å². The van der Waals surface area contributed by atoms with E-state index in [-0.39, 0.29) is 36.2 Å². The zero-order valence-electron chi connectivity index (χ0n) is 17.8. The molecule has 0 unspecified atom stereocenters. The number of rotatable bonds is 5. The van der Waals surface area contributed by atoms with Gasteiger partial charge in [0.15, 0.2) is 0 Å². The highest BCUT2D eigenvalue weighted by Crippen LogP contribution is 2.31. The predicted octanol–water partition coefficient (Wildman–Crippen LogP) is 3.11. The quantitative estimate of drug-likeness (QED) is 0.750. The van der Waals surface area contributed by atoms with Gasteiger partial charge in [0.2, 0.25) is 11.8 Å². The Morgan fingerprint density at radius 1 is 1.16 bits per heavy atom. The Kier molecular flexibility index (Phi) is 6.39. The molecule has 32 heavy (non-hydrogen) atoms. The molecule has 1 aliphatic heterocycles. The normalized spacial score (nSPS) is 22.5. The molecule has 2 aliphatic rings. The number of anilines is 1. The Labute approximate surface area is 185 Å². The second kappa shape index (κ2) is 9.38. The molecule has 1 heterocycles. The van der Waals surface area contributed by atoms with Crippen molar-refractivity contribution in [2.24, 2.45) is 0 Å². The van der Waals surface area contributed by atoms with Crippen LogP contribution in [0.3, 0.4) is 0 Å². The van der Waals surface area contributed by atoms with Crippen LogP contribution in [0.5, 0.6) is 5.75 Å². The Morgan fingerprint density at radius 2 is 1.91 bits per heavy atom. The SMILES string of the molecule is COc1cccc(NC(=O)C[C@H]2C(=O)N[C@@H]3CCCC[C@@H]3N2C(=O)c2ccc(F)cc2)c1. The van der Waals surface area contributed by atoms with Gasteiger partial charge in [-0.2, -0.15) is 0 Å². The molecule has 0 radical (unpaired) electrons. The Hall–Kier alpha value is -3.42. The molecule has 2 aromatic rings. The molecule has 3 atom stereocenters. The average Bonchev–Trinajstić information content (AvgIpc) is 2.79. The van der Waals surface area contributed by atoms with Gasteiger partial charge in [-0.3, -0.25) is 14.4 Å². The number of hydrogen-bond donors (Lipinski definition) is 2. The van der Waals surface area contributed by atoms with Crippen LogP contribution in [0.4, 0.5) is 10.1 Å². The number of carbonyl (C=O) groups is 3. The lowest BCUT2D eigenvalue weighted by molar-refractivity contribution is -0.135. The summed E-state index contributed by atoms with van der Waals surface area (Å²) >= 11 is 0. The molecule has 8 heteroatoms. The number of carbonyl (C=O) groups excluding carboxylic acids is 3. The lowest BCUT2D eigenvalue weighted by atomic mass is 9.84. The lowest BCUT2D eigenvalue weighted by Crippen LogP contribution is -2.68. The molecule has 1 aliphatic carbocycles. The third-order valence-electron chi connectivity index (χ3n) is 6.11. The molecule has 0 aromatic heterocycles. The number of ether oxygens (including phenoxy) is 1. The van der Waals surface area contributed by atoms with Gasteiger partial charge in [0.25, 0.3) is 5.91 Å². The van der Waals surface area contributed by atoms with Crippen molar-refractivity contribution < 1.29 is 23.5 Å². The summed E-state index contributed by atoms with van der Waals surface area (Å²) in [5, 5.41) is 5.79. The third kappa shape index (κ3) is 4.59. The fourth-order valence-corrected chi connectivity index (χ4v) is 4.56. The smallest absolute Gasteiger partial charge is 0.254 e. The molecule has 1 saturated carbocycles. The van der Waals surface area contributed by atoms with Crippen LogP contribution in [0.25, 0.3) is 0 Å². The van der Waals surface area contributed by atoms with Gasteiger partial charge in [-0.1, -0.05) is 18.9 Å². The Morgan fingerprint density at radius 3 is 2.66 bits per heavy atom. The molecule has 3 amide bonds. The van der Waals surface area contributed by atoms with Crippen molar-refractivity contribution in [2.75, 3.05) is 12.4 Å². The molecule has 0 spiro atoms. The van der Waals surface area contributed by atoms with Gasteiger partial charge in [-0.05, 0) is 49.2 Å². The van der Waals surface area contributed by atoms with E-state index in [1.54, 1.807) is 29.2 Å². The van der Waals surface area contributed by atoms with Gasteiger partial charge in [0, 0.05) is 23.4 Å². The molecule has 168 valence electrons. The molecule has 7 nitrogen and oxygen atoms in total. The first-order chi connectivity index (χ1) is 15.5. The number of fused-ring (bicyclic) bond motifs is 1. The average molecular weight is 439 g/mol. The maximum absolute atomic E-state index is 13.4. The zero-order valence-corrected chi connectivity index (χ0v) is 17.8. The summed E-state index contributed by atoms with van der Waals surface area (Å²) in [4.78, 5) is 40.8. The maximum Gasteiger partial charge on any atom is 0.254 e. The zero-order chi connectivity index (χ0) is 22.7. The standard InChI is InChI=1S/C24H26FN3O4/c1-32-18-6-4-5-17(13-18)26-22(29)14-21-23(30)27-19-7-2-3-8-20(19)28(21)24(31)15-9-11-16(25)12-10-15/h4-6,9-13,19-21H,2-3,7-8,14H2,1H3,(H,26,29)(H,27,30)/t19-,20+,21+/m1/s1. The fourth-order valence-electron chi connectivity index (χ4n) is 4.56. The van der Waals surface area contributed by atoms with Crippen molar-refractivity contribution in [2.45, 2.75) is 50.2 Å². The molecule has 0 bridgehead atoms. The number of halogens is 1. The highest BCUT2D eigenvalue weighted by atomic mass is 19.1. The van der Waals surface area contributed by atoms with Crippen LogP contribution in [-0.2, 0) is 9.59 Å². The van der Waals surface area contributed by atoms with Crippen molar-refractivity contribution in [3.8, 4) is 5.75 Å². The van der Waals surface area contributed by atoms with Gasteiger partial charge in [0.1, 0.15) is 17.6 Å². The Balaban J connectivity index is 1.58. The highest BCUT2D eigenvalue weighted by Gasteiger charge is 2.46. The van der Waals surface area contributed by atoms with Gasteiger partial charge < -0.3 is 20.3 Å². The van der Waals surface area contributed by atoms with Crippen LogP contribution in [0, 0.1) is 5.82 Å². The van der Waals surface area contributed by atoms with E-state index in [4.69, 9.17) is 4.74 Å². The van der Waals surface area contributed by atoms with E-state index in [1.807, 2.05) is 0 Å². The van der Waals surface area contributed by atoms with Crippen LogP contribution < -0.4 is 15.4 Å². The number of benzene rings is 2.